The number of nitrogens with zero attached hydrogens (tertiary/aromatic N) is 3. The zero-order valence-electron chi connectivity index (χ0n) is 25.7. The number of aryl methyl sites for hydroxylation is 2. The lowest BCUT2D eigenvalue weighted by Gasteiger charge is -2.29. The van der Waals surface area contributed by atoms with Crippen molar-refractivity contribution in [3.8, 4) is 11.8 Å². The molecule has 0 N–H and O–H groups in total. The summed E-state index contributed by atoms with van der Waals surface area (Å²) in [4.78, 5) is 31.3. The van der Waals surface area contributed by atoms with Gasteiger partial charge in [-0.3, -0.25) is 14.5 Å². The average Bonchev–Trinajstić information content (AvgIpc) is 3.48. The SMILES string of the molecule is CCO[Si](CCCN1C(=O)C(c2c(C)sc(C#N)c2C)=C(c2c(C)n(C)c3ccc(OC)cc23)C1=O)(OCC)OCC. The van der Waals surface area contributed by atoms with Gasteiger partial charge in [0.05, 0.1) is 18.3 Å². The molecule has 0 saturated carbocycles. The number of hydrogen-bond acceptors (Lipinski definition) is 8. The van der Waals surface area contributed by atoms with E-state index in [0.29, 0.717) is 70.7 Å². The Balaban J connectivity index is 1.85. The van der Waals surface area contributed by atoms with Crippen molar-refractivity contribution < 1.29 is 27.6 Å². The molecule has 2 amide bonds. The second kappa shape index (κ2) is 12.9. The van der Waals surface area contributed by atoms with Crippen LogP contribution in [-0.4, -0.2) is 63.6 Å². The summed E-state index contributed by atoms with van der Waals surface area (Å²) in [6.45, 7) is 12.9. The van der Waals surface area contributed by atoms with E-state index in [1.165, 1.54) is 16.2 Å². The Hall–Kier alpha value is -3.27. The van der Waals surface area contributed by atoms with Crippen LogP contribution in [0.25, 0.3) is 22.0 Å². The third-order valence-corrected chi connectivity index (χ3v) is 12.0. The number of hydrogen-bond donors (Lipinski definition) is 0. The molecule has 0 fully saturated rings. The number of carbonyl (C=O) groups excluding carboxylic acids is 2. The Morgan fingerprint density at radius 3 is 2.07 bits per heavy atom. The molecule has 42 heavy (non-hydrogen) atoms. The van der Waals surface area contributed by atoms with Crippen molar-refractivity contribution in [2.45, 2.75) is 54.0 Å². The topological polar surface area (TPSA) is 103 Å². The van der Waals surface area contributed by atoms with Gasteiger partial charge in [-0.25, -0.2) is 0 Å². The molecule has 1 aromatic carbocycles. The van der Waals surface area contributed by atoms with Gasteiger partial charge in [-0.2, -0.15) is 5.26 Å². The first-order chi connectivity index (χ1) is 20.1. The van der Waals surface area contributed by atoms with Gasteiger partial charge in [0, 0.05) is 72.1 Å². The van der Waals surface area contributed by atoms with E-state index in [1.54, 1.807) is 7.11 Å². The summed E-state index contributed by atoms with van der Waals surface area (Å²) in [5, 5.41) is 10.6. The second-order valence-electron chi connectivity index (χ2n) is 10.1. The van der Waals surface area contributed by atoms with E-state index >= 15 is 0 Å². The van der Waals surface area contributed by atoms with Crippen LogP contribution in [0.4, 0.5) is 0 Å². The number of aromatic nitrogens is 1. The van der Waals surface area contributed by atoms with E-state index in [-0.39, 0.29) is 18.4 Å². The predicted molar refractivity (Wildman–Crippen MR) is 166 cm³/mol. The van der Waals surface area contributed by atoms with E-state index in [4.69, 9.17) is 18.0 Å². The van der Waals surface area contributed by atoms with Crippen molar-refractivity contribution >= 4 is 54.0 Å². The van der Waals surface area contributed by atoms with Crippen molar-refractivity contribution in [3.05, 3.63) is 50.3 Å². The van der Waals surface area contributed by atoms with Gasteiger partial charge in [0.25, 0.3) is 11.8 Å². The molecule has 0 radical (unpaired) electrons. The maximum Gasteiger partial charge on any atom is 0.500 e. The molecule has 0 saturated heterocycles. The summed E-state index contributed by atoms with van der Waals surface area (Å²) in [5.74, 6) is -0.0587. The highest BCUT2D eigenvalue weighted by Crippen LogP contribution is 2.45. The first-order valence-electron chi connectivity index (χ1n) is 14.3. The predicted octanol–water partition coefficient (Wildman–Crippen LogP) is 5.76. The van der Waals surface area contributed by atoms with E-state index in [1.807, 2.05) is 71.4 Å². The first kappa shape index (κ1) is 31.7. The summed E-state index contributed by atoms with van der Waals surface area (Å²) < 4.78 is 25.5. The standard InChI is InChI=1S/C31H39N3O6SSi/c1-9-38-42(39-10-2,40-11-3)16-12-15-34-30(35)28(26-19(4)25(18-32)41-21(26)6)29(31(34)36)27-20(5)33(7)24-14-13-22(37-8)17-23(24)27/h13-14,17H,9-12,15-16H2,1-8H3. The van der Waals surface area contributed by atoms with Gasteiger partial charge < -0.3 is 22.6 Å². The summed E-state index contributed by atoms with van der Waals surface area (Å²) in [6, 6.07) is 8.47. The van der Waals surface area contributed by atoms with Crippen LogP contribution in [0.1, 0.15) is 59.3 Å². The molecule has 0 atom stereocenters. The van der Waals surface area contributed by atoms with Crippen molar-refractivity contribution in [1.82, 2.24) is 9.47 Å². The molecule has 4 rings (SSSR count). The Morgan fingerprint density at radius 2 is 1.55 bits per heavy atom. The van der Waals surface area contributed by atoms with Crippen LogP contribution < -0.4 is 4.74 Å². The number of methoxy groups -OCH3 is 1. The number of rotatable bonds is 13. The number of nitriles is 1. The fourth-order valence-electron chi connectivity index (χ4n) is 5.82. The van der Waals surface area contributed by atoms with Gasteiger partial charge in [0.15, 0.2) is 0 Å². The van der Waals surface area contributed by atoms with Crippen LogP contribution in [0.2, 0.25) is 6.04 Å². The molecular formula is C31H39N3O6SSi. The van der Waals surface area contributed by atoms with Gasteiger partial charge in [-0.1, -0.05) is 0 Å². The maximum absolute atomic E-state index is 14.4. The maximum atomic E-state index is 14.4. The molecule has 2 aromatic heterocycles. The van der Waals surface area contributed by atoms with Gasteiger partial charge in [-0.15, -0.1) is 11.3 Å². The number of imide groups is 1. The van der Waals surface area contributed by atoms with Gasteiger partial charge in [0.1, 0.15) is 16.7 Å². The highest BCUT2D eigenvalue weighted by molar-refractivity contribution is 7.13. The minimum atomic E-state index is -2.96. The number of amides is 2. The lowest BCUT2D eigenvalue weighted by Crippen LogP contribution is -2.46. The third-order valence-electron chi connectivity index (χ3n) is 7.75. The monoisotopic (exact) mass is 609 g/mol. The summed E-state index contributed by atoms with van der Waals surface area (Å²) in [7, 11) is 0.588. The average molecular weight is 610 g/mol. The van der Waals surface area contributed by atoms with Crippen LogP contribution in [0.3, 0.4) is 0 Å². The molecule has 3 heterocycles. The highest BCUT2D eigenvalue weighted by atomic mass is 32.1. The zero-order chi connectivity index (χ0) is 30.8. The molecule has 0 bridgehead atoms. The molecule has 0 unspecified atom stereocenters. The normalized spacial score (nSPS) is 14.0. The van der Waals surface area contributed by atoms with Crippen LogP contribution in [0.15, 0.2) is 18.2 Å². The summed E-state index contributed by atoms with van der Waals surface area (Å²) in [6.07, 6.45) is 0.470. The Bertz CT molecular complexity index is 1580. The molecule has 3 aromatic rings. The number of thiophene rings is 1. The fraction of sp³-hybridized carbons (Fsp3) is 0.452. The number of fused-ring (bicyclic) bond motifs is 1. The lowest BCUT2D eigenvalue weighted by atomic mass is 9.92. The van der Waals surface area contributed by atoms with Crippen LogP contribution in [0.5, 0.6) is 5.75 Å². The molecule has 0 spiro atoms. The van der Waals surface area contributed by atoms with Crippen LogP contribution in [-0.2, 0) is 29.9 Å². The first-order valence-corrected chi connectivity index (χ1v) is 17.0. The summed E-state index contributed by atoms with van der Waals surface area (Å²) >= 11 is 1.34. The molecule has 224 valence electrons. The Morgan fingerprint density at radius 1 is 0.952 bits per heavy atom. The quantitative estimate of drug-likeness (QED) is 0.179. The van der Waals surface area contributed by atoms with Gasteiger partial charge >= 0.3 is 8.80 Å². The lowest BCUT2D eigenvalue weighted by molar-refractivity contribution is -0.136. The number of ether oxygens (including phenoxy) is 1. The molecular weight excluding hydrogens is 571 g/mol. The second-order valence-corrected chi connectivity index (χ2v) is 14.1. The van der Waals surface area contributed by atoms with Crippen LogP contribution in [0, 0.1) is 32.1 Å². The van der Waals surface area contributed by atoms with E-state index < -0.39 is 8.80 Å². The third kappa shape index (κ3) is 5.45. The molecule has 1 aliphatic rings. The highest BCUT2D eigenvalue weighted by Gasteiger charge is 2.44. The molecule has 1 aliphatic heterocycles. The minimum Gasteiger partial charge on any atom is -0.497 e. The van der Waals surface area contributed by atoms with Crippen molar-refractivity contribution in [2.75, 3.05) is 33.5 Å². The van der Waals surface area contributed by atoms with Gasteiger partial charge in [-0.05, 0) is 71.7 Å². The molecule has 11 heteroatoms. The Kier molecular flexibility index (Phi) is 9.75. The number of carbonyl (C=O) groups is 2. The van der Waals surface area contributed by atoms with Crippen molar-refractivity contribution in [1.29, 1.82) is 5.26 Å². The van der Waals surface area contributed by atoms with Gasteiger partial charge in [0.2, 0.25) is 0 Å². The van der Waals surface area contributed by atoms with E-state index in [2.05, 4.69) is 6.07 Å². The molecule has 9 nitrogen and oxygen atoms in total. The number of benzene rings is 1. The van der Waals surface area contributed by atoms with E-state index in [9.17, 15) is 14.9 Å². The Labute approximate surface area is 252 Å². The molecule has 0 aliphatic carbocycles. The minimum absolute atomic E-state index is 0.188. The smallest absolute Gasteiger partial charge is 0.497 e. The zero-order valence-corrected chi connectivity index (χ0v) is 27.5. The van der Waals surface area contributed by atoms with Crippen molar-refractivity contribution in [3.63, 3.8) is 0 Å². The summed E-state index contributed by atoms with van der Waals surface area (Å²) in [5.41, 5.74) is 4.55. The fourth-order valence-corrected chi connectivity index (χ4v) is 9.38. The van der Waals surface area contributed by atoms with E-state index in [0.717, 1.165) is 21.5 Å². The van der Waals surface area contributed by atoms with Crippen molar-refractivity contribution in [2.24, 2.45) is 7.05 Å². The largest absolute Gasteiger partial charge is 0.500 e. The van der Waals surface area contributed by atoms with Crippen LogP contribution >= 0.6 is 11.3 Å².